The van der Waals surface area contributed by atoms with Crippen molar-refractivity contribution in [3.8, 4) is 0 Å². The van der Waals surface area contributed by atoms with Crippen molar-refractivity contribution in [1.82, 2.24) is 5.32 Å². The van der Waals surface area contributed by atoms with Crippen molar-refractivity contribution in [3.63, 3.8) is 0 Å². The third kappa shape index (κ3) is 2.99. The second-order valence-electron chi connectivity index (χ2n) is 5.20. The van der Waals surface area contributed by atoms with Crippen molar-refractivity contribution in [2.75, 3.05) is 13.1 Å². The Labute approximate surface area is 105 Å². The molecule has 5 N–H and O–H groups in total. The van der Waals surface area contributed by atoms with Gasteiger partial charge in [-0.2, -0.15) is 0 Å². The highest BCUT2D eigenvalue weighted by Gasteiger charge is 2.36. The quantitative estimate of drug-likeness (QED) is 0.649. The summed E-state index contributed by atoms with van der Waals surface area (Å²) < 4.78 is 0. The number of rotatable bonds is 6. The van der Waals surface area contributed by atoms with Gasteiger partial charge in [-0.1, -0.05) is 20.3 Å². The zero-order valence-electron chi connectivity index (χ0n) is 11.2. The second kappa shape index (κ2) is 6.36. The van der Waals surface area contributed by atoms with Crippen LogP contribution in [0.5, 0.6) is 0 Å². The van der Waals surface area contributed by atoms with Crippen LogP contribution in [0.25, 0.3) is 0 Å². The van der Waals surface area contributed by atoms with Gasteiger partial charge in [-0.05, 0) is 38.1 Å². The number of amides is 1. The molecule has 0 aromatic rings. The molecule has 2 atom stereocenters. The zero-order chi connectivity index (χ0) is 12.9. The molecule has 0 saturated heterocycles. The van der Waals surface area contributed by atoms with E-state index >= 15 is 0 Å². The number of carbonyl (C=O) groups excluding carboxylic acids is 1. The van der Waals surface area contributed by atoms with Crippen molar-refractivity contribution in [2.24, 2.45) is 22.8 Å². The summed E-state index contributed by atoms with van der Waals surface area (Å²) in [5.74, 6) is 0.568. The van der Waals surface area contributed by atoms with Gasteiger partial charge in [0.05, 0.1) is 5.41 Å². The van der Waals surface area contributed by atoms with Gasteiger partial charge in [0.15, 0.2) is 0 Å². The fraction of sp³-hybridized carbons (Fsp3) is 0.923. The monoisotopic (exact) mass is 241 g/mol. The Bertz CT molecular complexity index is 243. The fourth-order valence-corrected chi connectivity index (χ4v) is 2.78. The lowest BCUT2D eigenvalue weighted by Crippen LogP contribution is -2.50. The Kier molecular flexibility index (Phi) is 5.40. The number of carbonyl (C=O) groups is 1. The van der Waals surface area contributed by atoms with Crippen molar-refractivity contribution in [1.29, 1.82) is 0 Å². The van der Waals surface area contributed by atoms with Crippen molar-refractivity contribution >= 4 is 5.91 Å². The van der Waals surface area contributed by atoms with Gasteiger partial charge >= 0.3 is 0 Å². The highest BCUT2D eigenvalue weighted by atomic mass is 16.2. The summed E-state index contributed by atoms with van der Waals surface area (Å²) in [6, 6.07) is 0.261. The molecule has 1 aliphatic carbocycles. The topological polar surface area (TPSA) is 81.1 Å². The minimum atomic E-state index is -0.387. The van der Waals surface area contributed by atoms with Crippen LogP contribution >= 0.6 is 0 Å². The summed E-state index contributed by atoms with van der Waals surface area (Å²) in [6.07, 6.45) is 4.95. The normalized spacial score (nSPS) is 24.9. The summed E-state index contributed by atoms with van der Waals surface area (Å²) in [4.78, 5) is 12.3. The molecule has 0 spiro atoms. The van der Waals surface area contributed by atoms with E-state index in [1.54, 1.807) is 0 Å². The van der Waals surface area contributed by atoms with Crippen LogP contribution in [-0.2, 0) is 4.79 Å². The van der Waals surface area contributed by atoms with E-state index in [1.165, 1.54) is 6.42 Å². The van der Waals surface area contributed by atoms with Crippen molar-refractivity contribution < 1.29 is 4.79 Å². The summed E-state index contributed by atoms with van der Waals surface area (Å²) >= 11 is 0. The van der Waals surface area contributed by atoms with Gasteiger partial charge in [-0.25, -0.2) is 0 Å². The highest BCUT2D eigenvalue weighted by molar-refractivity contribution is 5.83. The van der Waals surface area contributed by atoms with Gasteiger partial charge in [0.1, 0.15) is 0 Å². The van der Waals surface area contributed by atoms with E-state index in [-0.39, 0.29) is 17.4 Å². The molecule has 1 fully saturated rings. The Morgan fingerprint density at radius 3 is 2.41 bits per heavy atom. The number of hydrogen-bond donors (Lipinski definition) is 3. The van der Waals surface area contributed by atoms with Crippen LogP contribution in [0.4, 0.5) is 0 Å². The molecule has 2 unspecified atom stereocenters. The largest absolute Gasteiger partial charge is 0.353 e. The summed E-state index contributed by atoms with van der Waals surface area (Å²) in [7, 11) is 0. The molecule has 0 bridgehead atoms. The first-order valence-electron chi connectivity index (χ1n) is 6.84. The van der Waals surface area contributed by atoms with Crippen LogP contribution in [-0.4, -0.2) is 25.0 Å². The Balaban J connectivity index is 2.63. The molecule has 0 aliphatic heterocycles. The molecule has 1 amide bonds. The van der Waals surface area contributed by atoms with Crippen LogP contribution in [0, 0.1) is 11.3 Å². The van der Waals surface area contributed by atoms with Gasteiger partial charge in [0, 0.05) is 12.6 Å². The van der Waals surface area contributed by atoms with E-state index in [0.29, 0.717) is 19.0 Å². The lowest BCUT2D eigenvalue weighted by Gasteiger charge is -2.31. The van der Waals surface area contributed by atoms with E-state index in [4.69, 9.17) is 11.5 Å². The zero-order valence-corrected chi connectivity index (χ0v) is 11.2. The van der Waals surface area contributed by atoms with Crippen LogP contribution in [0.2, 0.25) is 0 Å². The van der Waals surface area contributed by atoms with Crippen LogP contribution in [0.15, 0.2) is 0 Å². The Morgan fingerprint density at radius 1 is 1.29 bits per heavy atom. The minimum Gasteiger partial charge on any atom is -0.353 e. The number of nitrogens with two attached hydrogens (primary N) is 2. The van der Waals surface area contributed by atoms with E-state index in [0.717, 1.165) is 25.7 Å². The SMILES string of the molecule is CCC(CC)(CN)C(=O)NC1CCCC1CN. The molecule has 1 saturated carbocycles. The standard InChI is InChI=1S/C13H27N3O/c1-3-13(4-2,9-15)12(17)16-11-7-5-6-10(11)8-14/h10-11H,3-9,14-15H2,1-2H3,(H,16,17). The van der Waals surface area contributed by atoms with Gasteiger partial charge in [-0.3, -0.25) is 4.79 Å². The average molecular weight is 241 g/mol. The fourth-order valence-electron chi connectivity index (χ4n) is 2.78. The second-order valence-corrected chi connectivity index (χ2v) is 5.20. The van der Waals surface area contributed by atoms with Gasteiger partial charge in [0.25, 0.3) is 0 Å². The lowest BCUT2D eigenvalue weighted by molar-refractivity contribution is -0.132. The molecule has 100 valence electrons. The maximum atomic E-state index is 12.3. The minimum absolute atomic E-state index is 0.121. The molecule has 1 rings (SSSR count). The molecule has 17 heavy (non-hydrogen) atoms. The smallest absolute Gasteiger partial charge is 0.227 e. The molecular formula is C13H27N3O. The maximum Gasteiger partial charge on any atom is 0.227 e. The Hall–Kier alpha value is -0.610. The third-order valence-corrected chi connectivity index (χ3v) is 4.50. The summed E-state index contributed by atoms with van der Waals surface area (Å²) in [5, 5.41) is 3.17. The Morgan fingerprint density at radius 2 is 1.94 bits per heavy atom. The summed E-state index contributed by atoms with van der Waals surface area (Å²) in [6.45, 7) is 5.15. The molecule has 0 heterocycles. The first-order valence-corrected chi connectivity index (χ1v) is 6.84. The van der Waals surface area contributed by atoms with E-state index in [2.05, 4.69) is 5.32 Å². The molecule has 0 aromatic heterocycles. The van der Waals surface area contributed by atoms with Crippen molar-refractivity contribution in [2.45, 2.75) is 52.0 Å². The molecule has 4 nitrogen and oxygen atoms in total. The maximum absolute atomic E-state index is 12.3. The number of hydrogen-bond acceptors (Lipinski definition) is 3. The van der Waals surface area contributed by atoms with Crippen LogP contribution < -0.4 is 16.8 Å². The predicted molar refractivity (Wildman–Crippen MR) is 70.4 cm³/mol. The number of nitrogens with one attached hydrogen (secondary N) is 1. The molecule has 0 radical (unpaired) electrons. The summed E-state index contributed by atoms with van der Waals surface area (Å²) in [5.41, 5.74) is 11.1. The lowest BCUT2D eigenvalue weighted by atomic mass is 9.81. The van der Waals surface area contributed by atoms with Crippen molar-refractivity contribution in [3.05, 3.63) is 0 Å². The van der Waals surface area contributed by atoms with Crippen LogP contribution in [0.3, 0.4) is 0 Å². The predicted octanol–water partition coefficient (Wildman–Crippen LogP) is 0.995. The molecular weight excluding hydrogens is 214 g/mol. The van der Waals surface area contributed by atoms with Gasteiger partial charge < -0.3 is 16.8 Å². The van der Waals surface area contributed by atoms with E-state index in [1.807, 2.05) is 13.8 Å². The van der Waals surface area contributed by atoms with E-state index < -0.39 is 0 Å². The molecule has 4 heteroatoms. The first-order chi connectivity index (χ1) is 8.13. The van der Waals surface area contributed by atoms with E-state index in [9.17, 15) is 4.79 Å². The highest BCUT2D eigenvalue weighted by Crippen LogP contribution is 2.29. The van der Waals surface area contributed by atoms with Crippen LogP contribution in [0.1, 0.15) is 46.0 Å². The molecule has 1 aliphatic rings. The van der Waals surface area contributed by atoms with Gasteiger partial charge in [-0.15, -0.1) is 0 Å². The third-order valence-electron chi connectivity index (χ3n) is 4.50. The van der Waals surface area contributed by atoms with Gasteiger partial charge in [0.2, 0.25) is 5.91 Å². The molecule has 0 aromatic carbocycles. The average Bonchev–Trinajstić information content (AvgIpc) is 2.79. The first kappa shape index (κ1) is 14.5.